The number of allylic oxidation sites excluding steroid dienone is 2. The van der Waals surface area contributed by atoms with E-state index < -0.39 is 0 Å². The number of nitrogens with zero attached hydrogens (tertiary/aromatic N) is 2. The number of nitrogens with one attached hydrogen (secondary N) is 1. The number of carbonyl (C=O) groups is 1. The Morgan fingerprint density at radius 3 is 2.95 bits per heavy atom. The molecule has 7 heteroatoms. The normalized spacial score (nSPS) is 19.1. The third-order valence-electron chi connectivity index (χ3n) is 2.97. The number of nitrogen functional groups attached to an aromatic ring is 1. The lowest BCUT2D eigenvalue weighted by Crippen LogP contribution is -2.29. The lowest BCUT2D eigenvalue weighted by atomic mass is 10.00. The van der Waals surface area contributed by atoms with E-state index in [0.717, 1.165) is 0 Å². The molecule has 0 fully saturated rings. The van der Waals surface area contributed by atoms with Crippen LogP contribution < -0.4 is 16.8 Å². The second-order valence-electron chi connectivity index (χ2n) is 4.37. The minimum absolute atomic E-state index is 0.0374. The Labute approximate surface area is 110 Å². The van der Waals surface area contributed by atoms with Crippen LogP contribution >= 0.6 is 0 Å². The molecular formula is C12H17N5O2. The maximum absolute atomic E-state index is 11.4. The second-order valence-corrected chi connectivity index (χ2v) is 4.37. The van der Waals surface area contributed by atoms with Crippen molar-refractivity contribution in [2.45, 2.75) is 19.5 Å². The first-order valence-corrected chi connectivity index (χ1v) is 5.91. The number of hydrogen-bond donors (Lipinski definition) is 4. The summed E-state index contributed by atoms with van der Waals surface area (Å²) < 4.78 is 1.49. The van der Waals surface area contributed by atoms with Gasteiger partial charge in [-0.05, 0) is 18.6 Å². The summed E-state index contributed by atoms with van der Waals surface area (Å²) in [5.41, 5.74) is 13.4. The van der Waals surface area contributed by atoms with E-state index in [2.05, 4.69) is 10.4 Å². The van der Waals surface area contributed by atoms with E-state index in [1.165, 1.54) is 10.8 Å². The van der Waals surface area contributed by atoms with Gasteiger partial charge in [-0.25, -0.2) is 4.68 Å². The van der Waals surface area contributed by atoms with Gasteiger partial charge >= 0.3 is 0 Å². The molecule has 6 N–H and O–H groups in total. The number of aliphatic hydroxyl groups is 1. The molecule has 1 aliphatic rings. The van der Waals surface area contributed by atoms with Crippen molar-refractivity contribution in [1.29, 1.82) is 0 Å². The topological polar surface area (TPSA) is 119 Å². The summed E-state index contributed by atoms with van der Waals surface area (Å²) in [6.45, 7) is 2.03. The molecule has 0 amide bonds. The van der Waals surface area contributed by atoms with Crippen LogP contribution in [0.25, 0.3) is 0 Å². The predicted octanol–water partition coefficient (Wildman–Crippen LogP) is -0.390. The van der Waals surface area contributed by atoms with Crippen LogP contribution in [0, 0.1) is 0 Å². The Balaban J connectivity index is 2.18. The summed E-state index contributed by atoms with van der Waals surface area (Å²) >= 11 is 0. The molecule has 1 atom stereocenters. The van der Waals surface area contributed by atoms with Gasteiger partial charge in [-0.15, -0.1) is 0 Å². The molecule has 0 saturated carbocycles. The Hall–Kier alpha value is -2.28. The van der Waals surface area contributed by atoms with Crippen LogP contribution in [0.1, 0.15) is 6.92 Å². The van der Waals surface area contributed by atoms with E-state index in [4.69, 9.17) is 16.6 Å². The first-order valence-electron chi connectivity index (χ1n) is 5.91. The first-order chi connectivity index (χ1) is 9.02. The minimum Gasteiger partial charge on any atom is -0.400 e. The summed E-state index contributed by atoms with van der Waals surface area (Å²) in [5, 5.41) is 16.0. The molecule has 0 bridgehead atoms. The van der Waals surface area contributed by atoms with Crippen LogP contribution in [-0.4, -0.2) is 33.3 Å². The Morgan fingerprint density at radius 2 is 2.26 bits per heavy atom. The van der Waals surface area contributed by atoms with Gasteiger partial charge in [0.15, 0.2) is 5.78 Å². The van der Waals surface area contributed by atoms with Gasteiger partial charge in [0.05, 0.1) is 31.1 Å². The van der Waals surface area contributed by atoms with Crippen LogP contribution in [0.15, 0.2) is 29.6 Å². The number of aliphatic hydroxyl groups excluding tert-OH is 1. The monoisotopic (exact) mass is 263 g/mol. The molecule has 1 unspecified atom stereocenters. The molecule has 2 rings (SSSR count). The highest BCUT2D eigenvalue weighted by molar-refractivity contribution is 6.05. The number of rotatable bonds is 4. The van der Waals surface area contributed by atoms with Crippen LogP contribution in [0.4, 0.5) is 11.5 Å². The van der Waals surface area contributed by atoms with Crippen molar-refractivity contribution in [3.63, 3.8) is 0 Å². The Bertz CT molecular complexity index is 558. The number of aromatic nitrogens is 2. The van der Waals surface area contributed by atoms with E-state index in [1.54, 1.807) is 19.2 Å². The van der Waals surface area contributed by atoms with E-state index in [-0.39, 0.29) is 18.4 Å². The van der Waals surface area contributed by atoms with Crippen LogP contribution in [-0.2, 0) is 11.3 Å². The van der Waals surface area contributed by atoms with Gasteiger partial charge in [0.25, 0.3) is 0 Å². The van der Waals surface area contributed by atoms with Gasteiger partial charge in [-0.2, -0.15) is 5.10 Å². The van der Waals surface area contributed by atoms with Crippen molar-refractivity contribution in [2.24, 2.45) is 5.73 Å². The van der Waals surface area contributed by atoms with Gasteiger partial charge in [-0.3, -0.25) is 4.79 Å². The second kappa shape index (κ2) is 5.15. The average Bonchev–Trinajstić information content (AvgIpc) is 2.69. The zero-order valence-electron chi connectivity index (χ0n) is 10.6. The molecule has 0 saturated heterocycles. The fourth-order valence-corrected chi connectivity index (χ4v) is 1.85. The van der Waals surface area contributed by atoms with E-state index in [0.29, 0.717) is 29.3 Å². The van der Waals surface area contributed by atoms with Crippen molar-refractivity contribution in [1.82, 2.24) is 9.78 Å². The molecule has 0 radical (unpaired) electrons. The highest BCUT2D eigenvalue weighted by Crippen LogP contribution is 2.22. The molecular weight excluding hydrogens is 246 g/mol. The standard InChI is InChI=1S/C12H17N5O2/c1-7-4-9(8(13)5-11(7)19)16-10-6-15-17(2-3-18)12(10)14/h4-6,9,16,18H,2-3,13-14H2,1H3. The highest BCUT2D eigenvalue weighted by atomic mass is 16.3. The molecule has 0 spiro atoms. The molecule has 102 valence electrons. The lowest BCUT2D eigenvalue weighted by molar-refractivity contribution is -0.111. The number of hydrogen-bond acceptors (Lipinski definition) is 6. The predicted molar refractivity (Wildman–Crippen MR) is 72.2 cm³/mol. The lowest BCUT2D eigenvalue weighted by Gasteiger charge is -2.20. The third-order valence-corrected chi connectivity index (χ3v) is 2.97. The summed E-state index contributed by atoms with van der Waals surface area (Å²) in [6, 6.07) is -0.285. The Morgan fingerprint density at radius 1 is 1.53 bits per heavy atom. The average molecular weight is 263 g/mol. The number of nitrogens with two attached hydrogens (primary N) is 2. The quantitative estimate of drug-likeness (QED) is 0.587. The molecule has 1 aromatic rings. The van der Waals surface area contributed by atoms with Crippen molar-refractivity contribution in [3.8, 4) is 0 Å². The summed E-state index contributed by atoms with van der Waals surface area (Å²) in [5.74, 6) is 0.337. The number of anilines is 2. The molecule has 19 heavy (non-hydrogen) atoms. The smallest absolute Gasteiger partial charge is 0.183 e. The van der Waals surface area contributed by atoms with Crippen LogP contribution in [0.3, 0.4) is 0 Å². The van der Waals surface area contributed by atoms with Crippen LogP contribution in [0.2, 0.25) is 0 Å². The molecule has 0 aliphatic heterocycles. The van der Waals surface area contributed by atoms with Crippen molar-refractivity contribution < 1.29 is 9.90 Å². The van der Waals surface area contributed by atoms with Crippen molar-refractivity contribution in [3.05, 3.63) is 29.6 Å². The van der Waals surface area contributed by atoms with Gasteiger partial charge in [0.1, 0.15) is 5.82 Å². The largest absolute Gasteiger partial charge is 0.400 e. The molecule has 1 aliphatic carbocycles. The molecule has 1 aromatic heterocycles. The third kappa shape index (κ3) is 2.60. The molecule has 1 heterocycles. The van der Waals surface area contributed by atoms with E-state index >= 15 is 0 Å². The van der Waals surface area contributed by atoms with E-state index in [1.807, 2.05) is 0 Å². The van der Waals surface area contributed by atoms with Gasteiger partial charge in [0.2, 0.25) is 0 Å². The zero-order chi connectivity index (χ0) is 14.0. The highest BCUT2D eigenvalue weighted by Gasteiger charge is 2.19. The van der Waals surface area contributed by atoms with Gasteiger partial charge in [-0.1, -0.05) is 0 Å². The van der Waals surface area contributed by atoms with Crippen molar-refractivity contribution >= 4 is 17.3 Å². The number of ketones is 1. The maximum atomic E-state index is 11.4. The fourth-order valence-electron chi connectivity index (χ4n) is 1.85. The summed E-state index contributed by atoms with van der Waals surface area (Å²) in [7, 11) is 0. The molecule has 7 nitrogen and oxygen atoms in total. The maximum Gasteiger partial charge on any atom is 0.183 e. The van der Waals surface area contributed by atoms with E-state index in [9.17, 15) is 4.79 Å². The SMILES string of the molecule is CC1=CC(Nc2cnn(CCO)c2N)C(N)=CC1=O. The van der Waals surface area contributed by atoms with Crippen molar-refractivity contribution in [2.75, 3.05) is 17.7 Å². The first kappa shape index (κ1) is 13.2. The van der Waals surface area contributed by atoms with Crippen LogP contribution in [0.5, 0.6) is 0 Å². The Kier molecular flexibility index (Phi) is 3.57. The zero-order valence-corrected chi connectivity index (χ0v) is 10.6. The van der Waals surface area contributed by atoms with Gasteiger partial charge in [0, 0.05) is 11.8 Å². The molecule has 0 aromatic carbocycles. The summed E-state index contributed by atoms with van der Waals surface area (Å²) in [6.07, 6.45) is 4.72. The summed E-state index contributed by atoms with van der Waals surface area (Å²) in [4.78, 5) is 11.4. The van der Waals surface area contributed by atoms with Gasteiger partial charge < -0.3 is 21.9 Å². The fraction of sp³-hybridized carbons (Fsp3) is 0.333. The minimum atomic E-state index is -0.285. The number of carbonyl (C=O) groups excluding carboxylic acids is 1.